The fraction of sp³-hybridized carbons (Fsp3) is 0.333. The van der Waals surface area contributed by atoms with Gasteiger partial charge in [0, 0.05) is 24.0 Å². The number of aliphatic hydroxyl groups excluding tert-OH is 1. The summed E-state index contributed by atoms with van der Waals surface area (Å²) in [7, 11) is 0. The van der Waals surface area contributed by atoms with Gasteiger partial charge in [-0.15, -0.1) is 0 Å². The zero-order chi connectivity index (χ0) is 12.2. The van der Waals surface area contributed by atoms with Gasteiger partial charge in [-0.25, -0.2) is 0 Å². The zero-order valence-corrected chi connectivity index (χ0v) is 8.83. The van der Waals surface area contributed by atoms with Crippen LogP contribution in [0.2, 0.25) is 0 Å². The highest BCUT2D eigenvalue weighted by Crippen LogP contribution is 2.37. The van der Waals surface area contributed by atoms with Crippen molar-refractivity contribution in [1.82, 2.24) is 4.57 Å². The summed E-state index contributed by atoms with van der Waals surface area (Å²) in [5.41, 5.74) is 0.325. The van der Waals surface area contributed by atoms with Crippen LogP contribution in [-0.4, -0.2) is 15.8 Å². The second-order valence-corrected chi connectivity index (χ2v) is 4.35. The van der Waals surface area contributed by atoms with E-state index < -0.39 is 17.8 Å². The minimum Gasteiger partial charge on any atom is -0.391 e. The standard InChI is InChI=1S/C12H10F3NO/c13-12(14,15)10-3-1-2-7-4-8-5-9(17)6-16(8)11(7)10/h1-4,9,17H,5-6H2. The maximum Gasteiger partial charge on any atom is 0.418 e. The van der Waals surface area contributed by atoms with E-state index in [1.165, 1.54) is 6.07 Å². The Balaban J connectivity index is 2.32. The van der Waals surface area contributed by atoms with Crippen molar-refractivity contribution >= 4 is 10.9 Å². The molecular weight excluding hydrogens is 231 g/mol. The number of nitrogens with zero attached hydrogens (tertiary/aromatic N) is 1. The number of para-hydroxylation sites is 1. The summed E-state index contributed by atoms with van der Waals surface area (Å²) in [6.45, 7) is 0.242. The molecule has 0 saturated carbocycles. The van der Waals surface area contributed by atoms with Gasteiger partial charge in [-0.05, 0) is 12.1 Å². The number of hydrogen-bond acceptors (Lipinski definition) is 1. The number of aliphatic hydroxyl groups is 1. The van der Waals surface area contributed by atoms with Gasteiger partial charge in [0.15, 0.2) is 0 Å². The molecule has 0 fully saturated rings. The van der Waals surface area contributed by atoms with Crippen molar-refractivity contribution in [3.8, 4) is 0 Å². The van der Waals surface area contributed by atoms with E-state index in [2.05, 4.69) is 0 Å². The minimum absolute atomic E-state index is 0.187. The first-order valence-electron chi connectivity index (χ1n) is 5.33. The highest BCUT2D eigenvalue weighted by molar-refractivity contribution is 5.85. The molecule has 3 rings (SSSR count). The lowest BCUT2D eigenvalue weighted by Crippen LogP contribution is -2.11. The maximum absolute atomic E-state index is 12.9. The average molecular weight is 241 g/mol. The van der Waals surface area contributed by atoms with Crippen LogP contribution in [0, 0.1) is 0 Å². The van der Waals surface area contributed by atoms with E-state index in [9.17, 15) is 18.3 Å². The molecule has 1 aromatic heterocycles. The second-order valence-electron chi connectivity index (χ2n) is 4.35. The molecule has 0 radical (unpaired) electrons. The molecule has 0 spiro atoms. The predicted molar refractivity (Wildman–Crippen MR) is 56.7 cm³/mol. The normalized spacial score (nSPS) is 19.9. The highest BCUT2D eigenvalue weighted by Gasteiger charge is 2.35. The van der Waals surface area contributed by atoms with Crippen LogP contribution in [0.1, 0.15) is 11.3 Å². The van der Waals surface area contributed by atoms with Crippen LogP contribution in [0.15, 0.2) is 24.3 Å². The molecule has 0 amide bonds. The van der Waals surface area contributed by atoms with Crippen molar-refractivity contribution in [2.45, 2.75) is 25.2 Å². The van der Waals surface area contributed by atoms with Crippen LogP contribution < -0.4 is 0 Å². The Morgan fingerprint density at radius 3 is 2.76 bits per heavy atom. The average Bonchev–Trinajstić information content (AvgIpc) is 2.71. The van der Waals surface area contributed by atoms with Gasteiger partial charge in [-0.1, -0.05) is 12.1 Å². The summed E-state index contributed by atoms with van der Waals surface area (Å²) in [5.74, 6) is 0. The molecule has 1 aliphatic heterocycles. The monoisotopic (exact) mass is 241 g/mol. The van der Waals surface area contributed by atoms with Crippen molar-refractivity contribution < 1.29 is 18.3 Å². The number of fused-ring (bicyclic) bond motifs is 3. The first kappa shape index (κ1) is 10.7. The van der Waals surface area contributed by atoms with Crippen molar-refractivity contribution in [3.05, 3.63) is 35.5 Å². The Morgan fingerprint density at radius 1 is 1.29 bits per heavy atom. The molecule has 90 valence electrons. The molecular formula is C12H10F3NO. The molecule has 17 heavy (non-hydrogen) atoms. The van der Waals surface area contributed by atoms with Crippen molar-refractivity contribution in [1.29, 1.82) is 0 Å². The molecule has 5 heteroatoms. The van der Waals surface area contributed by atoms with Gasteiger partial charge >= 0.3 is 6.18 Å². The molecule has 2 nitrogen and oxygen atoms in total. The maximum atomic E-state index is 12.9. The summed E-state index contributed by atoms with van der Waals surface area (Å²) in [5, 5.41) is 10.1. The summed E-state index contributed by atoms with van der Waals surface area (Å²) >= 11 is 0. The molecule has 2 aromatic rings. The molecule has 1 aromatic carbocycles. The number of halogens is 3. The Bertz CT molecular complexity index is 585. The van der Waals surface area contributed by atoms with Crippen LogP contribution >= 0.6 is 0 Å². The van der Waals surface area contributed by atoms with E-state index in [4.69, 9.17) is 0 Å². The number of alkyl halides is 3. The van der Waals surface area contributed by atoms with Crippen molar-refractivity contribution in [3.63, 3.8) is 0 Å². The topological polar surface area (TPSA) is 25.2 Å². The van der Waals surface area contributed by atoms with Crippen LogP contribution in [0.5, 0.6) is 0 Å². The summed E-state index contributed by atoms with van der Waals surface area (Å²) in [6, 6.07) is 5.89. The summed E-state index contributed by atoms with van der Waals surface area (Å²) in [6.07, 6.45) is -4.51. The van der Waals surface area contributed by atoms with E-state index >= 15 is 0 Å². The largest absolute Gasteiger partial charge is 0.418 e. The quantitative estimate of drug-likeness (QED) is 0.753. The van der Waals surface area contributed by atoms with Gasteiger partial charge < -0.3 is 9.67 Å². The van der Waals surface area contributed by atoms with E-state index in [0.29, 0.717) is 11.8 Å². The van der Waals surface area contributed by atoms with Gasteiger partial charge in [-0.3, -0.25) is 0 Å². The third-order valence-corrected chi connectivity index (χ3v) is 3.15. The Kier molecular flexibility index (Phi) is 2.04. The lowest BCUT2D eigenvalue weighted by atomic mass is 10.1. The SMILES string of the molecule is OC1Cc2cc3cccc(C(F)(F)F)c3n2C1. The third kappa shape index (κ3) is 1.53. The van der Waals surface area contributed by atoms with Crippen molar-refractivity contribution in [2.24, 2.45) is 0 Å². The van der Waals surface area contributed by atoms with Crippen LogP contribution in [0.3, 0.4) is 0 Å². The fourth-order valence-electron chi connectivity index (χ4n) is 2.50. The predicted octanol–water partition coefficient (Wildman–Crippen LogP) is 2.58. The molecule has 0 aliphatic carbocycles. The molecule has 1 aliphatic rings. The van der Waals surface area contributed by atoms with E-state index in [1.807, 2.05) is 0 Å². The Hall–Kier alpha value is -1.49. The molecule has 2 heterocycles. The first-order chi connectivity index (χ1) is 7.97. The number of benzene rings is 1. The first-order valence-corrected chi connectivity index (χ1v) is 5.33. The Labute approximate surface area is 95.3 Å². The van der Waals surface area contributed by atoms with Gasteiger partial charge in [0.1, 0.15) is 0 Å². The van der Waals surface area contributed by atoms with Crippen LogP contribution in [0.25, 0.3) is 10.9 Å². The smallest absolute Gasteiger partial charge is 0.391 e. The minimum atomic E-state index is -4.36. The summed E-state index contributed by atoms with van der Waals surface area (Å²) in [4.78, 5) is 0. The van der Waals surface area contributed by atoms with Gasteiger partial charge in [0.2, 0.25) is 0 Å². The lowest BCUT2D eigenvalue weighted by molar-refractivity contribution is -0.136. The van der Waals surface area contributed by atoms with Gasteiger partial charge in [-0.2, -0.15) is 13.2 Å². The molecule has 0 saturated heterocycles. The number of hydrogen-bond donors (Lipinski definition) is 1. The van der Waals surface area contributed by atoms with Gasteiger partial charge in [0.25, 0.3) is 0 Å². The third-order valence-electron chi connectivity index (χ3n) is 3.15. The second kappa shape index (κ2) is 3.26. The lowest BCUT2D eigenvalue weighted by Gasteiger charge is -2.11. The van der Waals surface area contributed by atoms with E-state index in [-0.39, 0.29) is 12.1 Å². The van der Waals surface area contributed by atoms with Crippen molar-refractivity contribution in [2.75, 3.05) is 0 Å². The van der Waals surface area contributed by atoms with Gasteiger partial charge in [0.05, 0.1) is 17.2 Å². The number of rotatable bonds is 0. The molecule has 1 atom stereocenters. The van der Waals surface area contributed by atoms with E-state index in [1.54, 1.807) is 16.7 Å². The number of aromatic nitrogens is 1. The molecule has 1 unspecified atom stereocenters. The Morgan fingerprint density at radius 2 is 2.06 bits per heavy atom. The highest BCUT2D eigenvalue weighted by atomic mass is 19.4. The van der Waals surface area contributed by atoms with Crippen LogP contribution in [0.4, 0.5) is 13.2 Å². The summed E-state index contributed by atoms with van der Waals surface area (Å²) < 4.78 is 40.2. The molecule has 1 N–H and O–H groups in total. The zero-order valence-electron chi connectivity index (χ0n) is 8.83. The molecule has 0 bridgehead atoms. The van der Waals surface area contributed by atoms with E-state index in [0.717, 1.165) is 11.8 Å². The fourth-order valence-corrected chi connectivity index (χ4v) is 2.50. The van der Waals surface area contributed by atoms with Crippen LogP contribution in [-0.2, 0) is 19.1 Å².